The van der Waals surface area contributed by atoms with E-state index in [0.717, 1.165) is 0 Å². The molecule has 0 saturated heterocycles. The van der Waals surface area contributed by atoms with Crippen LogP contribution in [-0.4, -0.2) is 5.29 Å². The van der Waals surface area contributed by atoms with Crippen LogP contribution in [0.3, 0.4) is 0 Å². The fourth-order valence-electron chi connectivity index (χ4n) is 1.82. The first-order chi connectivity index (χ1) is 7.79. The molecule has 2 aromatic rings. The van der Waals surface area contributed by atoms with Crippen LogP contribution in [-0.2, 0) is 0 Å². The highest BCUT2D eigenvalue weighted by atomic mass is 31.1. The van der Waals surface area contributed by atoms with Crippen molar-refractivity contribution < 1.29 is 0 Å². The lowest BCUT2D eigenvalue weighted by Crippen LogP contribution is -2.09. The van der Waals surface area contributed by atoms with Crippen LogP contribution in [0, 0.1) is 0 Å². The van der Waals surface area contributed by atoms with E-state index in [4.69, 9.17) is 0 Å². The van der Waals surface area contributed by atoms with E-state index in [1.807, 2.05) is 0 Å². The molecule has 0 radical (unpaired) electrons. The topological polar surface area (TPSA) is 0 Å². The molecule has 0 saturated carbocycles. The minimum Gasteiger partial charge on any atom is -0.0619 e. The van der Waals surface area contributed by atoms with Crippen LogP contribution in [0.25, 0.3) is 0 Å². The maximum Gasteiger partial charge on any atom is 0.168 e. The Labute approximate surface area is 98.3 Å². The van der Waals surface area contributed by atoms with Crippen molar-refractivity contribution in [3.8, 4) is 0 Å². The zero-order valence-electron chi connectivity index (χ0n) is 9.72. The normalized spacial score (nSPS) is 9.88. The fourth-order valence-corrected chi connectivity index (χ4v) is 4.09. The number of rotatable bonds is 2. The van der Waals surface area contributed by atoms with Crippen molar-refractivity contribution in [1.29, 1.82) is 0 Å². The molecule has 0 amide bonds. The molecule has 0 bridgehead atoms. The van der Waals surface area contributed by atoms with Crippen LogP contribution in [0.1, 0.15) is 13.8 Å². The Kier molecular flexibility index (Phi) is 3.54. The summed E-state index contributed by atoms with van der Waals surface area (Å²) in [6, 6.07) is 21.6. The van der Waals surface area contributed by atoms with Crippen LogP contribution < -0.4 is 10.6 Å². The smallest absolute Gasteiger partial charge is 0.0619 e. The minimum atomic E-state index is -0.293. The molecule has 0 N–H and O–H groups in total. The maximum absolute atomic E-state index is 2.23. The number of hydrogen-bond donors (Lipinski definition) is 0. The lowest BCUT2D eigenvalue weighted by molar-refractivity contribution is 1.75. The van der Waals surface area contributed by atoms with Gasteiger partial charge < -0.3 is 0 Å². The van der Waals surface area contributed by atoms with Crippen molar-refractivity contribution in [3.63, 3.8) is 0 Å². The Morgan fingerprint density at radius 1 is 0.688 bits per heavy atom. The summed E-state index contributed by atoms with van der Waals surface area (Å²) in [6.07, 6.45) is 0. The first-order valence-electron chi connectivity index (χ1n) is 5.49. The van der Waals surface area contributed by atoms with Crippen molar-refractivity contribution in [1.82, 2.24) is 0 Å². The second kappa shape index (κ2) is 5.09. The maximum atomic E-state index is 2.23. The summed E-state index contributed by atoms with van der Waals surface area (Å²) in [6.45, 7) is 4.46. The third-order valence-electron chi connectivity index (χ3n) is 2.48. The van der Waals surface area contributed by atoms with Gasteiger partial charge in [-0.1, -0.05) is 36.4 Å². The van der Waals surface area contributed by atoms with Crippen LogP contribution in [0.4, 0.5) is 0 Å². The van der Waals surface area contributed by atoms with E-state index < -0.39 is 0 Å². The molecule has 0 unspecified atom stereocenters. The zero-order valence-corrected chi connectivity index (χ0v) is 10.6. The second-order valence-corrected chi connectivity index (χ2v) is 6.55. The number of benzene rings is 2. The largest absolute Gasteiger partial charge is 0.168 e. The standard InChI is InChI=1S/C15H16P/c1-13(2)16(14-9-5-3-6-10-14)15-11-7-4-8-12-15/h3-12H,1-2H3/q+1. The third kappa shape index (κ3) is 2.40. The van der Waals surface area contributed by atoms with Gasteiger partial charge in [0, 0.05) is 0 Å². The molecule has 0 aromatic heterocycles. The summed E-state index contributed by atoms with van der Waals surface area (Å²) >= 11 is 0. The van der Waals surface area contributed by atoms with Crippen LogP contribution >= 0.6 is 7.55 Å². The van der Waals surface area contributed by atoms with Gasteiger partial charge in [-0.25, -0.2) is 0 Å². The summed E-state index contributed by atoms with van der Waals surface area (Å²) in [5.74, 6) is 0. The Balaban J connectivity index is 2.54. The Hall–Kier alpha value is -1.39. The average Bonchev–Trinajstić information content (AvgIpc) is 2.31. The molecule has 0 spiro atoms. The predicted octanol–water partition coefficient (Wildman–Crippen LogP) is 3.33. The molecular formula is C15H16P+. The first kappa shape index (κ1) is 11.1. The molecule has 2 rings (SSSR count). The SMILES string of the molecule is CC(C)=[P+](c1ccccc1)c1ccccc1. The monoisotopic (exact) mass is 227 g/mol. The van der Waals surface area contributed by atoms with E-state index in [1.165, 1.54) is 15.9 Å². The first-order valence-corrected chi connectivity index (χ1v) is 6.83. The predicted molar refractivity (Wildman–Crippen MR) is 75.4 cm³/mol. The minimum absolute atomic E-state index is 0.293. The van der Waals surface area contributed by atoms with E-state index >= 15 is 0 Å². The average molecular weight is 227 g/mol. The van der Waals surface area contributed by atoms with Crippen LogP contribution in [0.15, 0.2) is 60.7 Å². The van der Waals surface area contributed by atoms with Crippen molar-refractivity contribution in [3.05, 3.63) is 60.7 Å². The van der Waals surface area contributed by atoms with Gasteiger partial charge in [-0.15, -0.1) is 0 Å². The van der Waals surface area contributed by atoms with Crippen molar-refractivity contribution in [2.75, 3.05) is 0 Å². The third-order valence-corrected chi connectivity index (χ3v) is 5.00. The summed E-state index contributed by atoms with van der Waals surface area (Å²) < 4.78 is 0. The van der Waals surface area contributed by atoms with Gasteiger partial charge in [-0.3, -0.25) is 0 Å². The van der Waals surface area contributed by atoms with Gasteiger partial charge in [0.15, 0.2) is 18.2 Å². The lowest BCUT2D eigenvalue weighted by Gasteiger charge is -1.98. The van der Waals surface area contributed by atoms with E-state index in [0.29, 0.717) is 0 Å². The Morgan fingerprint density at radius 3 is 1.38 bits per heavy atom. The molecule has 2 aromatic carbocycles. The van der Waals surface area contributed by atoms with E-state index in [2.05, 4.69) is 74.5 Å². The van der Waals surface area contributed by atoms with Crippen LogP contribution in [0.2, 0.25) is 0 Å². The highest BCUT2D eigenvalue weighted by molar-refractivity contribution is 7.73. The van der Waals surface area contributed by atoms with Gasteiger partial charge in [-0.2, -0.15) is 0 Å². The van der Waals surface area contributed by atoms with E-state index in [-0.39, 0.29) is 7.55 Å². The second-order valence-electron chi connectivity index (χ2n) is 3.95. The van der Waals surface area contributed by atoms with E-state index in [9.17, 15) is 0 Å². The molecule has 0 heterocycles. The van der Waals surface area contributed by atoms with E-state index in [1.54, 1.807) is 0 Å². The molecular weight excluding hydrogens is 211 g/mol. The van der Waals surface area contributed by atoms with Gasteiger partial charge in [-0.05, 0) is 38.1 Å². The summed E-state index contributed by atoms with van der Waals surface area (Å²) in [5.41, 5.74) is 0. The Morgan fingerprint density at radius 2 is 1.06 bits per heavy atom. The van der Waals surface area contributed by atoms with Crippen molar-refractivity contribution in [2.24, 2.45) is 0 Å². The molecule has 0 fully saturated rings. The van der Waals surface area contributed by atoms with Gasteiger partial charge in [0.2, 0.25) is 0 Å². The highest BCUT2D eigenvalue weighted by Gasteiger charge is 2.18. The Bertz CT molecular complexity index is 438. The molecule has 16 heavy (non-hydrogen) atoms. The molecule has 0 aliphatic heterocycles. The molecule has 0 nitrogen and oxygen atoms in total. The van der Waals surface area contributed by atoms with Crippen molar-refractivity contribution in [2.45, 2.75) is 13.8 Å². The summed E-state index contributed by atoms with van der Waals surface area (Å²) in [4.78, 5) is 0. The summed E-state index contributed by atoms with van der Waals surface area (Å²) in [5, 5.41) is 4.36. The highest BCUT2D eigenvalue weighted by Crippen LogP contribution is 2.23. The zero-order chi connectivity index (χ0) is 11.4. The van der Waals surface area contributed by atoms with Gasteiger partial charge in [0.25, 0.3) is 0 Å². The van der Waals surface area contributed by atoms with Gasteiger partial charge >= 0.3 is 0 Å². The molecule has 0 aliphatic rings. The molecule has 0 aliphatic carbocycles. The quantitative estimate of drug-likeness (QED) is 0.690. The lowest BCUT2D eigenvalue weighted by atomic mass is 10.4. The molecule has 1 heteroatoms. The van der Waals surface area contributed by atoms with Crippen molar-refractivity contribution >= 4 is 23.4 Å². The molecule has 0 atom stereocenters. The van der Waals surface area contributed by atoms with Gasteiger partial charge in [0.1, 0.15) is 5.29 Å². The number of hydrogen-bond acceptors (Lipinski definition) is 0. The summed E-state index contributed by atoms with van der Waals surface area (Å²) in [7, 11) is -0.293. The fraction of sp³-hybridized carbons (Fsp3) is 0.133. The van der Waals surface area contributed by atoms with Crippen LogP contribution in [0.5, 0.6) is 0 Å². The van der Waals surface area contributed by atoms with Gasteiger partial charge in [0.05, 0.1) is 0 Å². The molecule has 80 valence electrons.